The number of hydrogen-bond donors (Lipinski definition) is 2. The summed E-state index contributed by atoms with van der Waals surface area (Å²) in [7, 11) is 0. The first-order valence-corrected chi connectivity index (χ1v) is 7.56. The maximum absolute atomic E-state index is 12.4. The summed E-state index contributed by atoms with van der Waals surface area (Å²) in [4.78, 5) is 18.5. The van der Waals surface area contributed by atoms with Gasteiger partial charge >= 0.3 is 0 Å². The summed E-state index contributed by atoms with van der Waals surface area (Å²) in [6, 6.07) is 9.05. The topological polar surface area (TPSA) is 82.1 Å². The number of amides is 1. The zero-order valence-corrected chi connectivity index (χ0v) is 12.6. The fourth-order valence-corrected chi connectivity index (χ4v) is 2.85. The van der Waals surface area contributed by atoms with Crippen LogP contribution in [0.15, 0.2) is 30.3 Å². The molecule has 0 spiro atoms. The smallest absolute Gasteiger partial charge is 0.256 e. The molecular formula is C16H20N4O2. The first-order chi connectivity index (χ1) is 10.6. The van der Waals surface area contributed by atoms with Crippen molar-refractivity contribution >= 4 is 5.91 Å². The van der Waals surface area contributed by atoms with Crippen LogP contribution in [0.4, 0.5) is 0 Å². The number of H-pyrrole nitrogens is 1. The van der Waals surface area contributed by atoms with E-state index < -0.39 is 6.10 Å². The minimum absolute atomic E-state index is 0.226. The molecule has 1 aliphatic heterocycles. The molecule has 6 nitrogen and oxygen atoms in total. The average Bonchev–Trinajstić information content (AvgIpc) is 3.01. The molecule has 22 heavy (non-hydrogen) atoms. The van der Waals surface area contributed by atoms with Crippen LogP contribution in [0.5, 0.6) is 0 Å². The zero-order valence-electron chi connectivity index (χ0n) is 12.6. The molecule has 1 unspecified atom stereocenters. The van der Waals surface area contributed by atoms with Crippen molar-refractivity contribution in [3.05, 3.63) is 47.5 Å². The van der Waals surface area contributed by atoms with Gasteiger partial charge in [-0.1, -0.05) is 30.3 Å². The Kier molecular flexibility index (Phi) is 4.20. The Hall–Kier alpha value is -2.21. The highest BCUT2D eigenvalue weighted by Gasteiger charge is 2.29. The minimum Gasteiger partial charge on any atom is -0.378 e. The van der Waals surface area contributed by atoms with Crippen molar-refractivity contribution in [3.63, 3.8) is 0 Å². The molecule has 0 saturated carbocycles. The number of nitrogens with zero attached hydrogens (tertiary/aromatic N) is 3. The predicted octanol–water partition coefficient (Wildman–Crippen LogP) is 1.55. The number of carbonyl (C=O) groups is 1. The van der Waals surface area contributed by atoms with E-state index in [1.54, 1.807) is 17.0 Å². The number of hydrogen-bond acceptors (Lipinski definition) is 4. The molecule has 3 rings (SSSR count). The second-order valence-corrected chi connectivity index (χ2v) is 5.69. The molecule has 0 bridgehead atoms. The van der Waals surface area contributed by atoms with E-state index in [1.807, 2.05) is 25.1 Å². The number of nitrogens with one attached hydrogen (secondary N) is 1. The van der Waals surface area contributed by atoms with Crippen LogP contribution in [-0.4, -0.2) is 44.2 Å². The number of aliphatic hydroxyl groups is 1. The molecule has 2 aromatic rings. The third kappa shape index (κ3) is 3.01. The molecule has 2 N–H and O–H groups in total. The number of aromatic nitrogens is 3. The summed E-state index contributed by atoms with van der Waals surface area (Å²) in [5.41, 5.74) is 0.638. The standard InChI is InChI=1S/C16H20N4O2/c1-11-17-15(19-18-11)13-7-9-20(10-8-13)16(22)14(21)12-5-3-2-4-6-12/h2-6,13-14,21H,7-10H2,1H3,(H,17,18,19). The fourth-order valence-electron chi connectivity index (χ4n) is 2.85. The Morgan fingerprint density at radius 3 is 2.59 bits per heavy atom. The van der Waals surface area contributed by atoms with Crippen molar-refractivity contribution in [1.29, 1.82) is 0 Å². The third-order valence-electron chi connectivity index (χ3n) is 4.14. The lowest BCUT2D eigenvalue weighted by Gasteiger charge is -2.32. The number of benzene rings is 1. The van der Waals surface area contributed by atoms with E-state index in [9.17, 15) is 9.90 Å². The van der Waals surface area contributed by atoms with Gasteiger partial charge in [-0.3, -0.25) is 9.89 Å². The van der Waals surface area contributed by atoms with Gasteiger partial charge in [0.25, 0.3) is 5.91 Å². The largest absolute Gasteiger partial charge is 0.378 e. The van der Waals surface area contributed by atoms with Gasteiger partial charge < -0.3 is 10.0 Å². The SMILES string of the molecule is Cc1nc(C2CCN(C(=O)C(O)c3ccccc3)CC2)n[nH]1. The van der Waals surface area contributed by atoms with Gasteiger partial charge in [-0.05, 0) is 25.3 Å². The van der Waals surface area contributed by atoms with Gasteiger partial charge in [0.15, 0.2) is 11.9 Å². The molecule has 6 heteroatoms. The van der Waals surface area contributed by atoms with Crippen LogP contribution in [0, 0.1) is 6.92 Å². The first-order valence-electron chi connectivity index (χ1n) is 7.56. The number of piperidine rings is 1. The van der Waals surface area contributed by atoms with Crippen LogP contribution >= 0.6 is 0 Å². The van der Waals surface area contributed by atoms with E-state index in [0.29, 0.717) is 18.7 Å². The average molecular weight is 300 g/mol. The molecular weight excluding hydrogens is 280 g/mol. The van der Waals surface area contributed by atoms with Crippen molar-refractivity contribution in [2.24, 2.45) is 0 Å². The van der Waals surface area contributed by atoms with Crippen molar-refractivity contribution in [3.8, 4) is 0 Å². The summed E-state index contributed by atoms with van der Waals surface area (Å²) in [6.45, 7) is 3.13. The Balaban J connectivity index is 1.60. The van der Waals surface area contributed by atoms with Gasteiger partial charge in [0, 0.05) is 19.0 Å². The third-order valence-corrected chi connectivity index (χ3v) is 4.14. The lowest BCUT2D eigenvalue weighted by molar-refractivity contribution is -0.141. The number of aryl methyl sites for hydroxylation is 1. The molecule has 1 aliphatic rings. The number of rotatable bonds is 3. The minimum atomic E-state index is -1.08. The van der Waals surface area contributed by atoms with Gasteiger partial charge in [-0.25, -0.2) is 4.98 Å². The first kappa shape index (κ1) is 14.7. The van der Waals surface area contributed by atoms with Gasteiger partial charge in [0.2, 0.25) is 0 Å². The quantitative estimate of drug-likeness (QED) is 0.901. The number of carbonyl (C=O) groups excluding carboxylic acids is 1. The van der Waals surface area contributed by atoms with Crippen molar-refractivity contribution in [1.82, 2.24) is 20.1 Å². The molecule has 1 atom stereocenters. The van der Waals surface area contributed by atoms with Gasteiger partial charge in [-0.15, -0.1) is 0 Å². The van der Waals surface area contributed by atoms with Crippen molar-refractivity contribution < 1.29 is 9.90 Å². The Labute approximate surface area is 129 Å². The lowest BCUT2D eigenvalue weighted by atomic mass is 9.95. The van der Waals surface area contributed by atoms with Crippen LogP contribution in [0.25, 0.3) is 0 Å². The second kappa shape index (κ2) is 6.27. The molecule has 0 radical (unpaired) electrons. The summed E-state index contributed by atoms with van der Waals surface area (Å²) in [6.07, 6.45) is 0.568. The maximum atomic E-state index is 12.4. The summed E-state index contributed by atoms with van der Waals surface area (Å²) in [5, 5.41) is 17.3. The van der Waals surface area contributed by atoms with Gasteiger partial charge in [0.05, 0.1) is 0 Å². The summed E-state index contributed by atoms with van der Waals surface area (Å²) < 4.78 is 0. The van der Waals surface area contributed by atoms with Crippen molar-refractivity contribution in [2.75, 3.05) is 13.1 Å². The molecule has 0 aliphatic carbocycles. The van der Waals surface area contributed by atoms with Gasteiger partial charge in [0.1, 0.15) is 5.82 Å². The Bertz CT molecular complexity index is 633. The normalized spacial score (nSPS) is 17.5. The molecule has 2 heterocycles. The van der Waals surface area contributed by atoms with Crippen LogP contribution < -0.4 is 0 Å². The van der Waals surface area contributed by atoms with Crippen molar-refractivity contribution in [2.45, 2.75) is 31.8 Å². The second-order valence-electron chi connectivity index (χ2n) is 5.69. The van der Waals surface area contributed by atoms with Crippen LogP contribution in [-0.2, 0) is 4.79 Å². The van der Waals surface area contributed by atoms with E-state index in [-0.39, 0.29) is 11.8 Å². The molecule has 1 amide bonds. The van der Waals surface area contributed by atoms with E-state index in [4.69, 9.17) is 0 Å². The number of aliphatic hydroxyl groups excluding tert-OH is 1. The highest BCUT2D eigenvalue weighted by atomic mass is 16.3. The van der Waals surface area contributed by atoms with Crippen LogP contribution in [0.3, 0.4) is 0 Å². The fraction of sp³-hybridized carbons (Fsp3) is 0.438. The highest BCUT2D eigenvalue weighted by Crippen LogP contribution is 2.27. The molecule has 1 aromatic heterocycles. The highest BCUT2D eigenvalue weighted by molar-refractivity contribution is 5.82. The van der Waals surface area contributed by atoms with E-state index in [2.05, 4.69) is 15.2 Å². The zero-order chi connectivity index (χ0) is 15.5. The van der Waals surface area contributed by atoms with Crippen LogP contribution in [0.1, 0.15) is 42.1 Å². The molecule has 1 saturated heterocycles. The van der Waals surface area contributed by atoms with E-state index in [0.717, 1.165) is 24.5 Å². The van der Waals surface area contributed by atoms with Gasteiger partial charge in [-0.2, -0.15) is 5.10 Å². The molecule has 1 aromatic carbocycles. The van der Waals surface area contributed by atoms with E-state index in [1.165, 1.54) is 0 Å². The van der Waals surface area contributed by atoms with E-state index >= 15 is 0 Å². The van der Waals surface area contributed by atoms with Crippen LogP contribution in [0.2, 0.25) is 0 Å². The summed E-state index contributed by atoms with van der Waals surface area (Å²) >= 11 is 0. The number of likely N-dealkylation sites (tertiary alicyclic amines) is 1. The molecule has 1 fully saturated rings. The summed E-state index contributed by atoms with van der Waals surface area (Å²) in [5.74, 6) is 1.69. The molecule has 116 valence electrons. The monoisotopic (exact) mass is 300 g/mol. The number of aromatic amines is 1. The predicted molar refractivity (Wildman–Crippen MR) is 81.1 cm³/mol. The lowest BCUT2D eigenvalue weighted by Crippen LogP contribution is -2.40. The Morgan fingerprint density at radius 2 is 2.00 bits per heavy atom. The Morgan fingerprint density at radius 1 is 1.32 bits per heavy atom. The maximum Gasteiger partial charge on any atom is 0.256 e.